The van der Waals surface area contributed by atoms with Gasteiger partial charge >= 0.3 is 6.18 Å². The van der Waals surface area contributed by atoms with E-state index in [1.165, 1.54) is 4.80 Å². The van der Waals surface area contributed by atoms with E-state index in [1.54, 1.807) is 0 Å². The number of halogens is 3. The summed E-state index contributed by atoms with van der Waals surface area (Å²) in [4.78, 5) is 1.22. The standard InChI is InChI=1S/C14H17F3N4.C2H6/c1-9-4-5-12(8-10(9)2)13-18-20-21(19-13)7-6-11(3)14(15,16)17;1-2/h4-5,8,11H,6-7H2,1-3H3;1-2H3. The number of benzene rings is 1. The monoisotopic (exact) mass is 328 g/mol. The van der Waals surface area contributed by atoms with E-state index in [0.717, 1.165) is 23.6 Å². The lowest BCUT2D eigenvalue weighted by molar-refractivity contribution is -0.171. The summed E-state index contributed by atoms with van der Waals surface area (Å²) in [5.41, 5.74) is 3.08. The Kier molecular flexibility index (Phi) is 6.72. The zero-order valence-corrected chi connectivity index (χ0v) is 14.1. The van der Waals surface area contributed by atoms with Crippen molar-refractivity contribution in [3.05, 3.63) is 29.3 Å². The third-order valence-electron chi connectivity index (χ3n) is 3.54. The van der Waals surface area contributed by atoms with Gasteiger partial charge in [-0.25, -0.2) is 0 Å². The molecule has 0 aliphatic heterocycles. The number of alkyl halides is 3. The van der Waals surface area contributed by atoms with Crippen LogP contribution in [0.1, 0.15) is 38.3 Å². The average Bonchev–Trinajstić information content (AvgIpc) is 2.97. The van der Waals surface area contributed by atoms with Gasteiger partial charge in [-0.15, -0.1) is 10.2 Å². The van der Waals surface area contributed by atoms with Crippen LogP contribution in [0.3, 0.4) is 0 Å². The molecule has 0 fully saturated rings. The van der Waals surface area contributed by atoms with Crippen LogP contribution in [0.2, 0.25) is 0 Å². The molecule has 0 aliphatic carbocycles. The van der Waals surface area contributed by atoms with Crippen LogP contribution >= 0.6 is 0 Å². The largest absolute Gasteiger partial charge is 0.391 e. The van der Waals surface area contributed by atoms with Crippen LogP contribution < -0.4 is 0 Å². The van der Waals surface area contributed by atoms with Crippen molar-refractivity contribution in [3.63, 3.8) is 0 Å². The predicted octanol–water partition coefficient (Wildman–Crippen LogP) is 4.57. The SMILES string of the molecule is CC.Cc1ccc(-c2nnn(CCC(C)C(F)(F)F)n2)cc1C. The molecule has 2 rings (SSSR count). The Balaban J connectivity index is 0.00000127. The minimum atomic E-state index is -4.18. The summed E-state index contributed by atoms with van der Waals surface area (Å²) in [7, 11) is 0. The van der Waals surface area contributed by atoms with Crippen LogP contribution in [0.15, 0.2) is 18.2 Å². The molecular formula is C16H23F3N4. The molecule has 4 nitrogen and oxygen atoms in total. The van der Waals surface area contributed by atoms with Crippen LogP contribution in [0.25, 0.3) is 11.4 Å². The number of rotatable bonds is 4. The molecule has 1 aromatic heterocycles. The molecule has 0 saturated carbocycles. The quantitative estimate of drug-likeness (QED) is 0.825. The first-order chi connectivity index (χ1) is 10.8. The fourth-order valence-corrected chi connectivity index (χ4v) is 1.81. The van der Waals surface area contributed by atoms with Crippen LogP contribution in [-0.2, 0) is 6.54 Å². The van der Waals surface area contributed by atoms with Gasteiger partial charge in [-0.2, -0.15) is 18.0 Å². The fourth-order valence-electron chi connectivity index (χ4n) is 1.81. The zero-order chi connectivity index (χ0) is 17.6. The van der Waals surface area contributed by atoms with Crippen molar-refractivity contribution in [3.8, 4) is 11.4 Å². The maximum absolute atomic E-state index is 12.4. The summed E-state index contributed by atoms with van der Waals surface area (Å²) >= 11 is 0. The Morgan fingerprint density at radius 1 is 1.13 bits per heavy atom. The first-order valence-electron chi connectivity index (χ1n) is 7.69. The van der Waals surface area contributed by atoms with E-state index in [4.69, 9.17) is 0 Å². The Hall–Kier alpha value is -1.92. The Morgan fingerprint density at radius 2 is 1.78 bits per heavy atom. The normalized spacial score (nSPS) is 12.5. The van der Waals surface area contributed by atoms with Crippen LogP contribution in [0.5, 0.6) is 0 Å². The number of tetrazole rings is 1. The zero-order valence-electron chi connectivity index (χ0n) is 14.1. The highest BCUT2D eigenvalue weighted by Gasteiger charge is 2.35. The molecular weight excluding hydrogens is 305 g/mol. The maximum Gasteiger partial charge on any atom is 0.391 e. The van der Waals surface area contributed by atoms with Crippen molar-refractivity contribution < 1.29 is 13.2 Å². The van der Waals surface area contributed by atoms with Crippen molar-refractivity contribution in [2.45, 2.75) is 53.8 Å². The third-order valence-corrected chi connectivity index (χ3v) is 3.54. The highest BCUT2D eigenvalue weighted by Crippen LogP contribution is 2.28. The second-order valence-corrected chi connectivity index (χ2v) is 5.24. The Bertz CT molecular complexity index is 620. The van der Waals surface area contributed by atoms with Crippen molar-refractivity contribution >= 4 is 0 Å². The highest BCUT2D eigenvalue weighted by molar-refractivity contribution is 5.56. The molecule has 7 heteroatoms. The summed E-state index contributed by atoms with van der Waals surface area (Å²) < 4.78 is 37.3. The minimum absolute atomic E-state index is 0.0633. The summed E-state index contributed by atoms with van der Waals surface area (Å²) in [6.07, 6.45) is -4.25. The first-order valence-corrected chi connectivity index (χ1v) is 7.69. The van der Waals surface area contributed by atoms with Gasteiger partial charge in [-0.3, -0.25) is 0 Å². The van der Waals surface area contributed by atoms with Crippen LogP contribution in [0.4, 0.5) is 13.2 Å². The lowest BCUT2D eigenvalue weighted by Crippen LogP contribution is -2.21. The Morgan fingerprint density at radius 3 is 2.35 bits per heavy atom. The predicted molar refractivity (Wildman–Crippen MR) is 83.9 cm³/mol. The summed E-state index contributed by atoms with van der Waals surface area (Å²) in [5.74, 6) is -0.952. The van der Waals surface area contributed by atoms with Gasteiger partial charge in [0, 0.05) is 5.56 Å². The third kappa shape index (κ3) is 5.33. The first kappa shape index (κ1) is 19.1. The van der Waals surface area contributed by atoms with Gasteiger partial charge in [-0.05, 0) is 42.7 Å². The second-order valence-electron chi connectivity index (χ2n) is 5.24. The van der Waals surface area contributed by atoms with Crippen LogP contribution in [0, 0.1) is 19.8 Å². The van der Waals surface area contributed by atoms with Crippen LogP contribution in [-0.4, -0.2) is 26.4 Å². The number of nitrogens with zero attached hydrogens (tertiary/aromatic N) is 4. The molecule has 0 bridgehead atoms. The molecule has 0 radical (unpaired) electrons. The molecule has 1 unspecified atom stereocenters. The summed E-state index contributed by atoms with van der Waals surface area (Å²) in [6.45, 7) is 9.23. The molecule has 2 aromatic rings. The highest BCUT2D eigenvalue weighted by atomic mass is 19.4. The van der Waals surface area contributed by atoms with Gasteiger partial charge in [0.15, 0.2) is 0 Å². The van der Waals surface area contributed by atoms with Gasteiger partial charge in [-0.1, -0.05) is 32.9 Å². The van der Waals surface area contributed by atoms with Gasteiger partial charge < -0.3 is 0 Å². The fraction of sp³-hybridized carbons (Fsp3) is 0.562. The van der Waals surface area contributed by atoms with E-state index in [9.17, 15) is 13.2 Å². The molecule has 0 N–H and O–H groups in total. The van der Waals surface area contributed by atoms with Crippen molar-refractivity contribution in [2.75, 3.05) is 0 Å². The molecule has 0 amide bonds. The maximum atomic E-state index is 12.4. The molecule has 0 saturated heterocycles. The lowest BCUT2D eigenvalue weighted by atomic mass is 10.1. The number of aryl methyl sites for hydroxylation is 3. The molecule has 1 atom stereocenters. The number of aromatic nitrogens is 4. The Labute approximate surface area is 134 Å². The molecule has 128 valence electrons. The van der Waals surface area contributed by atoms with Gasteiger partial charge in [0.1, 0.15) is 0 Å². The molecule has 0 spiro atoms. The smallest absolute Gasteiger partial charge is 0.171 e. The molecule has 0 aliphatic rings. The van der Waals surface area contributed by atoms with Gasteiger partial charge in [0.05, 0.1) is 12.5 Å². The summed E-state index contributed by atoms with van der Waals surface area (Å²) in [5, 5.41) is 11.8. The van der Waals surface area contributed by atoms with E-state index in [1.807, 2.05) is 45.9 Å². The van der Waals surface area contributed by atoms with E-state index in [2.05, 4.69) is 15.4 Å². The van der Waals surface area contributed by atoms with E-state index >= 15 is 0 Å². The van der Waals surface area contributed by atoms with Gasteiger partial charge in [0.25, 0.3) is 0 Å². The van der Waals surface area contributed by atoms with Gasteiger partial charge in [0.2, 0.25) is 5.82 Å². The van der Waals surface area contributed by atoms with E-state index < -0.39 is 12.1 Å². The lowest BCUT2D eigenvalue weighted by Gasteiger charge is -2.14. The van der Waals surface area contributed by atoms with E-state index in [0.29, 0.717) is 5.82 Å². The van der Waals surface area contributed by atoms with Crippen molar-refractivity contribution in [2.24, 2.45) is 5.92 Å². The number of hydrogen-bond acceptors (Lipinski definition) is 3. The van der Waals surface area contributed by atoms with Crippen molar-refractivity contribution in [1.82, 2.24) is 20.2 Å². The topological polar surface area (TPSA) is 43.6 Å². The summed E-state index contributed by atoms with van der Waals surface area (Å²) in [6, 6.07) is 5.77. The number of hydrogen-bond donors (Lipinski definition) is 0. The molecule has 23 heavy (non-hydrogen) atoms. The average molecular weight is 328 g/mol. The van der Waals surface area contributed by atoms with Crippen molar-refractivity contribution in [1.29, 1.82) is 0 Å². The minimum Gasteiger partial charge on any atom is -0.171 e. The van der Waals surface area contributed by atoms with E-state index in [-0.39, 0.29) is 13.0 Å². The molecule has 1 heterocycles. The second kappa shape index (κ2) is 8.08. The molecule has 1 aromatic carbocycles.